The van der Waals surface area contributed by atoms with E-state index in [9.17, 15) is 4.79 Å². The second kappa shape index (κ2) is 7.12. The largest absolute Gasteiger partial charge is 0.478 e. The molecule has 0 bridgehead atoms. The summed E-state index contributed by atoms with van der Waals surface area (Å²) in [6, 6.07) is 6.50. The van der Waals surface area contributed by atoms with Gasteiger partial charge in [-0.25, -0.2) is 4.79 Å². The van der Waals surface area contributed by atoms with E-state index < -0.39 is 5.97 Å². The highest BCUT2D eigenvalue weighted by Gasteiger charge is 2.26. The quantitative estimate of drug-likeness (QED) is 0.808. The Bertz CT molecular complexity index is 542. The van der Waals surface area contributed by atoms with Crippen LogP contribution in [0, 0.1) is 5.92 Å². The molecule has 1 aliphatic carbocycles. The van der Waals surface area contributed by atoms with Crippen molar-refractivity contribution in [1.29, 1.82) is 0 Å². The summed E-state index contributed by atoms with van der Waals surface area (Å²) < 4.78 is 1.01. The van der Waals surface area contributed by atoms with Crippen molar-refractivity contribution in [3.05, 3.63) is 34.3 Å². The number of halogens is 1. The zero-order valence-electron chi connectivity index (χ0n) is 12.6. The maximum atomic E-state index is 10.8. The Morgan fingerprint density at radius 1 is 1.38 bits per heavy atom. The zero-order valence-corrected chi connectivity index (χ0v) is 14.1. The van der Waals surface area contributed by atoms with E-state index in [1.807, 2.05) is 12.1 Å². The summed E-state index contributed by atoms with van der Waals surface area (Å²) in [6.07, 6.45) is 7.93. The van der Waals surface area contributed by atoms with Crippen molar-refractivity contribution in [1.82, 2.24) is 0 Å². The van der Waals surface area contributed by atoms with Crippen LogP contribution in [0.4, 0.5) is 5.69 Å². The lowest BCUT2D eigenvalue weighted by molar-refractivity contribution is -0.131. The van der Waals surface area contributed by atoms with Crippen LogP contribution >= 0.6 is 15.9 Å². The minimum absolute atomic E-state index is 0.519. The molecule has 0 aliphatic heterocycles. The third-order valence-electron chi connectivity index (χ3n) is 4.34. The Morgan fingerprint density at radius 3 is 2.76 bits per heavy atom. The fourth-order valence-electron chi connectivity index (χ4n) is 3.17. The van der Waals surface area contributed by atoms with Crippen molar-refractivity contribution < 1.29 is 9.90 Å². The van der Waals surface area contributed by atoms with Gasteiger partial charge in [-0.05, 0) is 42.5 Å². The van der Waals surface area contributed by atoms with Gasteiger partial charge in [0, 0.05) is 29.3 Å². The molecule has 0 spiro atoms. The van der Waals surface area contributed by atoms with Crippen LogP contribution in [0.15, 0.2) is 28.7 Å². The first kappa shape index (κ1) is 16.1. The lowest BCUT2D eigenvalue weighted by Gasteiger charge is -2.38. The number of carboxylic acids is 1. The Kier molecular flexibility index (Phi) is 5.45. The predicted molar refractivity (Wildman–Crippen MR) is 90.6 cm³/mol. The molecule has 0 heterocycles. The SMILES string of the molecule is CC1CCCCC1N(C)c1cc(Br)ccc1C=CC(=O)O. The summed E-state index contributed by atoms with van der Waals surface area (Å²) >= 11 is 3.52. The number of aliphatic carboxylic acids is 1. The number of anilines is 1. The van der Waals surface area contributed by atoms with E-state index in [2.05, 4.69) is 40.9 Å². The molecular weight excluding hydrogens is 330 g/mol. The van der Waals surface area contributed by atoms with Gasteiger partial charge in [0.1, 0.15) is 0 Å². The average molecular weight is 352 g/mol. The number of benzene rings is 1. The fraction of sp³-hybridized carbons (Fsp3) is 0.471. The van der Waals surface area contributed by atoms with Crippen LogP contribution in [-0.4, -0.2) is 24.2 Å². The number of nitrogens with zero attached hydrogens (tertiary/aromatic N) is 1. The molecule has 1 saturated carbocycles. The fourth-order valence-corrected chi connectivity index (χ4v) is 3.52. The highest BCUT2D eigenvalue weighted by atomic mass is 79.9. The van der Waals surface area contributed by atoms with E-state index in [1.54, 1.807) is 6.08 Å². The standard InChI is InChI=1S/C17H22BrNO2/c1-12-5-3-4-6-15(12)19(2)16-11-14(18)9-7-13(16)8-10-17(20)21/h7-12,15H,3-6H2,1-2H3,(H,20,21). The maximum Gasteiger partial charge on any atom is 0.328 e. The molecule has 1 aliphatic rings. The molecule has 0 aromatic heterocycles. The second-order valence-electron chi connectivity index (χ2n) is 5.81. The molecule has 4 heteroatoms. The molecule has 3 nitrogen and oxygen atoms in total. The Labute approximate surface area is 134 Å². The molecule has 1 aromatic rings. The highest BCUT2D eigenvalue weighted by molar-refractivity contribution is 9.10. The number of rotatable bonds is 4. The van der Waals surface area contributed by atoms with Crippen LogP contribution in [0.5, 0.6) is 0 Å². The number of hydrogen-bond acceptors (Lipinski definition) is 2. The van der Waals surface area contributed by atoms with E-state index in [-0.39, 0.29) is 0 Å². The van der Waals surface area contributed by atoms with E-state index >= 15 is 0 Å². The minimum Gasteiger partial charge on any atom is -0.478 e. The van der Waals surface area contributed by atoms with Gasteiger partial charge in [-0.1, -0.05) is 41.8 Å². The molecule has 114 valence electrons. The third-order valence-corrected chi connectivity index (χ3v) is 4.83. The first-order chi connectivity index (χ1) is 9.99. The molecule has 2 unspecified atom stereocenters. The molecule has 0 radical (unpaired) electrons. The lowest BCUT2D eigenvalue weighted by Crippen LogP contribution is -2.39. The zero-order chi connectivity index (χ0) is 15.4. The second-order valence-corrected chi connectivity index (χ2v) is 6.73. The monoisotopic (exact) mass is 351 g/mol. The normalized spacial score (nSPS) is 22.4. The van der Waals surface area contributed by atoms with Crippen LogP contribution in [0.3, 0.4) is 0 Å². The van der Waals surface area contributed by atoms with Crippen LogP contribution in [0.2, 0.25) is 0 Å². The van der Waals surface area contributed by atoms with Crippen molar-refractivity contribution in [3.63, 3.8) is 0 Å². The molecular formula is C17H22BrNO2. The third kappa shape index (κ3) is 4.10. The predicted octanol–water partition coefficient (Wildman–Crippen LogP) is 4.56. The van der Waals surface area contributed by atoms with Crippen molar-refractivity contribution in [3.8, 4) is 0 Å². The molecule has 2 rings (SSSR count). The van der Waals surface area contributed by atoms with Gasteiger partial charge in [0.2, 0.25) is 0 Å². The molecule has 2 atom stereocenters. The summed E-state index contributed by atoms with van der Waals surface area (Å²) in [5.41, 5.74) is 2.03. The Hall–Kier alpha value is -1.29. The van der Waals surface area contributed by atoms with Crippen LogP contribution in [-0.2, 0) is 4.79 Å². The van der Waals surface area contributed by atoms with E-state index in [0.717, 1.165) is 15.7 Å². The molecule has 0 amide bonds. The number of carbonyl (C=O) groups is 1. The van der Waals surface area contributed by atoms with Crippen LogP contribution in [0.25, 0.3) is 6.08 Å². The summed E-state index contributed by atoms with van der Waals surface area (Å²) in [4.78, 5) is 13.1. The van der Waals surface area contributed by atoms with Crippen molar-refractivity contribution in [2.45, 2.75) is 38.6 Å². The first-order valence-corrected chi connectivity index (χ1v) is 8.21. The summed E-state index contributed by atoms with van der Waals surface area (Å²) in [5, 5.41) is 8.84. The molecule has 1 N–H and O–H groups in total. The first-order valence-electron chi connectivity index (χ1n) is 7.42. The van der Waals surface area contributed by atoms with Gasteiger partial charge >= 0.3 is 5.97 Å². The Balaban J connectivity index is 2.31. The average Bonchev–Trinajstić information content (AvgIpc) is 2.45. The Morgan fingerprint density at radius 2 is 2.10 bits per heavy atom. The van der Waals surface area contributed by atoms with Crippen molar-refractivity contribution >= 4 is 33.7 Å². The van der Waals surface area contributed by atoms with Crippen molar-refractivity contribution in [2.24, 2.45) is 5.92 Å². The van der Waals surface area contributed by atoms with Crippen LogP contribution in [0.1, 0.15) is 38.2 Å². The summed E-state index contributed by atoms with van der Waals surface area (Å²) in [5.74, 6) is -0.253. The molecule has 21 heavy (non-hydrogen) atoms. The molecule has 0 saturated heterocycles. The smallest absolute Gasteiger partial charge is 0.328 e. The van der Waals surface area contributed by atoms with Crippen molar-refractivity contribution in [2.75, 3.05) is 11.9 Å². The summed E-state index contributed by atoms with van der Waals surface area (Å²) in [6.45, 7) is 2.31. The summed E-state index contributed by atoms with van der Waals surface area (Å²) in [7, 11) is 2.12. The van der Waals surface area contributed by atoms with Gasteiger partial charge in [-0.15, -0.1) is 0 Å². The molecule has 1 aromatic carbocycles. The number of hydrogen-bond donors (Lipinski definition) is 1. The van der Waals surface area contributed by atoms with Gasteiger partial charge in [-0.2, -0.15) is 0 Å². The lowest BCUT2D eigenvalue weighted by atomic mass is 9.84. The van der Waals surface area contributed by atoms with E-state index in [1.165, 1.54) is 31.8 Å². The maximum absolute atomic E-state index is 10.8. The van der Waals surface area contributed by atoms with E-state index in [0.29, 0.717) is 12.0 Å². The number of carboxylic acid groups (broad SMARTS) is 1. The highest BCUT2D eigenvalue weighted by Crippen LogP contribution is 2.33. The van der Waals surface area contributed by atoms with E-state index in [4.69, 9.17) is 5.11 Å². The van der Waals surface area contributed by atoms with Gasteiger partial charge in [0.05, 0.1) is 0 Å². The van der Waals surface area contributed by atoms with Crippen LogP contribution < -0.4 is 4.90 Å². The van der Waals surface area contributed by atoms with Gasteiger partial charge in [0.25, 0.3) is 0 Å². The minimum atomic E-state index is -0.919. The topological polar surface area (TPSA) is 40.5 Å². The van der Waals surface area contributed by atoms with Gasteiger partial charge in [0.15, 0.2) is 0 Å². The van der Waals surface area contributed by atoms with Gasteiger partial charge in [-0.3, -0.25) is 0 Å². The van der Waals surface area contributed by atoms with Gasteiger partial charge < -0.3 is 10.0 Å². The molecule has 1 fully saturated rings.